The van der Waals surface area contributed by atoms with E-state index in [-0.39, 0.29) is 24.0 Å². The number of aromatic nitrogens is 3. The number of rotatable bonds is 3. The van der Waals surface area contributed by atoms with E-state index in [1.165, 1.54) is 0 Å². The van der Waals surface area contributed by atoms with Crippen molar-refractivity contribution < 1.29 is 9.59 Å². The highest BCUT2D eigenvalue weighted by atomic mass is 35.5. The highest BCUT2D eigenvalue weighted by Crippen LogP contribution is 2.17. The number of imidazole rings is 1. The van der Waals surface area contributed by atoms with Crippen LogP contribution in [0.2, 0.25) is 5.02 Å². The Bertz CT molecular complexity index is 868. The molecule has 0 spiro atoms. The number of carbonyl (C=O) groups is 2. The Morgan fingerprint density at radius 3 is 2.68 bits per heavy atom. The summed E-state index contributed by atoms with van der Waals surface area (Å²) in [6.45, 7) is 3.97. The first kappa shape index (κ1) is 18.9. The van der Waals surface area contributed by atoms with Crippen molar-refractivity contribution in [1.82, 2.24) is 30.1 Å². The number of urea groups is 1. The van der Waals surface area contributed by atoms with Gasteiger partial charge in [-0.05, 0) is 32.3 Å². The second-order valence-electron chi connectivity index (χ2n) is 7.60. The van der Waals surface area contributed by atoms with Crippen molar-refractivity contribution in [3.8, 4) is 0 Å². The van der Waals surface area contributed by atoms with Crippen LogP contribution in [0, 0.1) is 6.92 Å². The Hall–Kier alpha value is -2.48. The van der Waals surface area contributed by atoms with Crippen LogP contribution in [0.25, 0.3) is 0 Å². The predicted octanol–water partition coefficient (Wildman–Crippen LogP) is 2.09. The quantitative estimate of drug-likeness (QED) is 0.731. The van der Waals surface area contributed by atoms with E-state index in [1.54, 1.807) is 17.2 Å². The van der Waals surface area contributed by atoms with Crippen molar-refractivity contribution in [3.63, 3.8) is 0 Å². The largest absolute Gasteiger partial charge is 0.356 e. The van der Waals surface area contributed by atoms with E-state index in [2.05, 4.69) is 25.2 Å². The first-order valence-electron chi connectivity index (χ1n) is 9.71. The molecule has 1 fully saturated rings. The van der Waals surface area contributed by atoms with Gasteiger partial charge in [-0.25, -0.2) is 9.78 Å². The molecule has 2 aliphatic heterocycles. The van der Waals surface area contributed by atoms with Crippen LogP contribution in [0.5, 0.6) is 0 Å². The molecule has 3 N–H and O–H groups in total. The lowest BCUT2D eigenvalue weighted by molar-refractivity contribution is 0.0703. The molecule has 8 nitrogen and oxygen atoms in total. The van der Waals surface area contributed by atoms with E-state index >= 15 is 0 Å². The van der Waals surface area contributed by atoms with E-state index in [0.29, 0.717) is 23.8 Å². The molecule has 4 rings (SSSR count). The molecule has 9 heteroatoms. The van der Waals surface area contributed by atoms with Gasteiger partial charge in [-0.15, -0.1) is 0 Å². The minimum Gasteiger partial charge on any atom is -0.356 e. The first-order valence-corrected chi connectivity index (χ1v) is 10.1. The maximum atomic E-state index is 12.4. The van der Waals surface area contributed by atoms with Gasteiger partial charge in [0, 0.05) is 50.5 Å². The second kappa shape index (κ2) is 7.87. The molecule has 3 amide bonds. The van der Waals surface area contributed by atoms with E-state index in [9.17, 15) is 9.59 Å². The van der Waals surface area contributed by atoms with Gasteiger partial charge in [-0.3, -0.25) is 4.79 Å². The number of hydrogen-bond acceptors (Lipinski definition) is 3. The number of hydrogen-bond donors (Lipinski definition) is 3. The van der Waals surface area contributed by atoms with Gasteiger partial charge in [0.2, 0.25) is 0 Å². The number of H-pyrrole nitrogens is 1. The van der Waals surface area contributed by atoms with Crippen LogP contribution in [0.1, 0.15) is 41.3 Å². The number of aromatic amines is 1. The third kappa shape index (κ3) is 4.16. The molecule has 2 aromatic heterocycles. The van der Waals surface area contributed by atoms with Crippen molar-refractivity contribution in [1.29, 1.82) is 0 Å². The molecule has 0 aromatic carbocycles. The van der Waals surface area contributed by atoms with Gasteiger partial charge in [0.25, 0.3) is 5.91 Å². The third-order valence-electron chi connectivity index (χ3n) is 5.44. The second-order valence-corrected chi connectivity index (χ2v) is 8.04. The summed E-state index contributed by atoms with van der Waals surface area (Å²) in [5, 5.41) is 6.66. The number of carbonyl (C=O) groups excluding carboxylic acids is 2. The summed E-state index contributed by atoms with van der Waals surface area (Å²) in [7, 11) is 0. The smallest absolute Gasteiger partial charge is 0.315 e. The molecular weight excluding hydrogens is 380 g/mol. The molecule has 28 heavy (non-hydrogen) atoms. The molecule has 0 saturated carbocycles. The lowest BCUT2D eigenvalue weighted by Crippen LogP contribution is -2.52. The van der Waals surface area contributed by atoms with Crippen molar-refractivity contribution in [2.75, 3.05) is 13.1 Å². The molecule has 0 aliphatic carbocycles. The summed E-state index contributed by atoms with van der Waals surface area (Å²) in [5.74, 6) is 1.04. The van der Waals surface area contributed by atoms with Crippen LogP contribution in [-0.2, 0) is 13.0 Å². The molecule has 0 bridgehead atoms. The fourth-order valence-corrected chi connectivity index (χ4v) is 4.17. The molecule has 1 atom stereocenters. The zero-order chi connectivity index (χ0) is 19.7. The topological polar surface area (TPSA) is 95.1 Å². The fraction of sp³-hybridized carbons (Fsp3) is 0.526. The molecule has 0 radical (unpaired) electrons. The average molecular weight is 405 g/mol. The van der Waals surface area contributed by atoms with E-state index in [0.717, 1.165) is 43.7 Å². The standard InChI is InChI=1S/C19H25ClN6O2/c1-12-10-26-11-15(2-3-17(26)22-12)24-19(28)23-14-4-6-25(7-5-14)18(27)16-8-13(20)9-21-16/h8-10,14-15,21H,2-7,11H2,1H3,(H2,23,24,28). The monoisotopic (exact) mass is 404 g/mol. The van der Waals surface area contributed by atoms with Crippen molar-refractivity contribution >= 4 is 23.5 Å². The maximum Gasteiger partial charge on any atom is 0.315 e. The van der Waals surface area contributed by atoms with Gasteiger partial charge in [0.15, 0.2) is 0 Å². The number of halogens is 1. The summed E-state index contributed by atoms with van der Waals surface area (Å²) < 4.78 is 2.13. The van der Waals surface area contributed by atoms with Crippen LogP contribution in [-0.4, -0.2) is 56.5 Å². The van der Waals surface area contributed by atoms with Gasteiger partial charge in [0.1, 0.15) is 11.5 Å². The minimum absolute atomic E-state index is 0.0524. The number of likely N-dealkylation sites (tertiary alicyclic amines) is 1. The Morgan fingerprint density at radius 2 is 1.96 bits per heavy atom. The molecule has 150 valence electrons. The summed E-state index contributed by atoms with van der Waals surface area (Å²) >= 11 is 5.87. The maximum absolute atomic E-state index is 12.4. The fourth-order valence-electron chi connectivity index (χ4n) is 4.01. The molecule has 2 aliphatic rings. The van der Waals surface area contributed by atoms with Crippen molar-refractivity contribution in [2.24, 2.45) is 0 Å². The SMILES string of the molecule is Cc1cn2c(n1)CCC(NC(=O)NC1CCN(C(=O)c3cc(Cl)c[nH]3)CC1)C2. The lowest BCUT2D eigenvalue weighted by atomic mass is 10.0. The summed E-state index contributed by atoms with van der Waals surface area (Å²) in [4.78, 5) is 34.0. The van der Waals surface area contributed by atoms with Crippen LogP contribution >= 0.6 is 11.6 Å². The minimum atomic E-state index is -0.133. The first-order chi connectivity index (χ1) is 13.5. The van der Waals surface area contributed by atoms with E-state index in [4.69, 9.17) is 11.6 Å². The third-order valence-corrected chi connectivity index (χ3v) is 5.66. The summed E-state index contributed by atoms with van der Waals surface area (Å²) in [5.41, 5.74) is 1.52. The number of aryl methyl sites for hydroxylation is 2. The number of amides is 3. The van der Waals surface area contributed by atoms with Crippen LogP contribution < -0.4 is 10.6 Å². The zero-order valence-corrected chi connectivity index (χ0v) is 16.6. The molecule has 4 heterocycles. The van der Waals surface area contributed by atoms with Gasteiger partial charge < -0.3 is 25.1 Å². The highest BCUT2D eigenvalue weighted by Gasteiger charge is 2.26. The van der Waals surface area contributed by atoms with Crippen LogP contribution in [0.15, 0.2) is 18.5 Å². The summed E-state index contributed by atoms with van der Waals surface area (Å²) in [6.07, 6.45) is 6.89. The van der Waals surface area contributed by atoms with E-state index < -0.39 is 0 Å². The normalized spacial score (nSPS) is 19.9. The van der Waals surface area contributed by atoms with E-state index in [1.807, 2.05) is 13.1 Å². The Balaban J connectivity index is 1.22. The van der Waals surface area contributed by atoms with Gasteiger partial charge >= 0.3 is 6.03 Å². The number of nitrogens with zero attached hydrogens (tertiary/aromatic N) is 3. The predicted molar refractivity (Wildman–Crippen MR) is 105 cm³/mol. The number of nitrogens with one attached hydrogen (secondary N) is 3. The van der Waals surface area contributed by atoms with Gasteiger partial charge in [-0.1, -0.05) is 11.6 Å². The molecule has 2 aromatic rings. The number of fused-ring (bicyclic) bond motifs is 1. The Kier molecular flexibility index (Phi) is 5.30. The molecule has 1 unspecified atom stereocenters. The lowest BCUT2D eigenvalue weighted by Gasteiger charge is -2.33. The Labute approximate surface area is 168 Å². The zero-order valence-electron chi connectivity index (χ0n) is 15.9. The van der Waals surface area contributed by atoms with Crippen molar-refractivity contribution in [3.05, 3.63) is 40.7 Å². The molecule has 1 saturated heterocycles. The average Bonchev–Trinajstić information content (AvgIpc) is 3.26. The summed E-state index contributed by atoms with van der Waals surface area (Å²) in [6, 6.07) is 1.69. The van der Waals surface area contributed by atoms with Gasteiger partial charge in [0.05, 0.1) is 10.7 Å². The van der Waals surface area contributed by atoms with Crippen LogP contribution in [0.4, 0.5) is 4.79 Å². The highest BCUT2D eigenvalue weighted by molar-refractivity contribution is 6.30. The van der Waals surface area contributed by atoms with Crippen molar-refractivity contribution in [2.45, 2.75) is 51.2 Å². The Morgan fingerprint density at radius 1 is 1.21 bits per heavy atom. The van der Waals surface area contributed by atoms with Gasteiger partial charge in [-0.2, -0.15) is 0 Å². The van der Waals surface area contributed by atoms with Crippen LogP contribution in [0.3, 0.4) is 0 Å². The number of piperidine rings is 1. The molecular formula is C19H25ClN6O2.